The van der Waals surface area contributed by atoms with Gasteiger partial charge in [-0.1, -0.05) is 35.9 Å². The minimum Gasteiger partial charge on any atom is -0.481 e. The Morgan fingerprint density at radius 1 is 1.29 bits per heavy atom. The fourth-order valence-corrected chi connectivity index (χ4v) is 3.45. The van der Waals surface area contributed by atoms with Gasteiger partial charge in [-0.2, -0.15) is 0 Å². The first-order valence-electron chi connectivity index (χ1n) is 7.79. The van der Waals surface area contributed by atoms with Gasteiger partial charge in [0.2, 0.25) is 0 Å². The summed E-state index contributed by atoms with van der Waals surface area (Å²) in [5.74, 6) is -0.870. The molecule has 1 unspecified atom stereocenters. The predicted octanol–water partition coefficient (Wildman–Crippen LogP) is 4.13. The number of aliphatic carboxylic acids is 1. The van der Waals surface area contributed by atoms with Crippen molar-refractivity contribution in [3.8, 4) is 0 Å². The fraction of sp³-hybridized carbons (Fsp3) is 0.333. The lowest BCUT2D eigenvalue weighted by molar-refractivity contribution is -0.146. The van der Waals surface area contributed by atoms with Crippen LogP contribution in [0, 0.1) is 12.3 Å². The van der Waals surface area contributed by atoms with Crippen LogP contribution in [0.25, 0.3) is 10.8 Å². The minimum absolute atomic E-state index is 0.207. The molecule has 0 saturated carbocycles. The van der Waals surface area contributed by atoms with Gasteiger partial charge >= 0.3 is 12.0 Å². The second kappa shape index (κ2) is 5.98. The maximum Gasteiger partial charge on any atom is 0.321 e. The van der Waals surface area contributed by atoms with Crippen LogP contribution >= 0.6 is 11.6 Å². The van der Waals surface area contributed by atoms with E-state index >= 15 is 0 Å². The molecule has 5 nitrogen and oxygen atoms in total. The van der Waals surface area contributed by atoms with Gasteiger partial charge in [-0.25, -0.2) is 4.79 Å². The summed E-state index contributed by atoms with van der Waals surface area (Å²) in [4.78, 5) is 25.5. The molecule has 126 valence electrons. The zero-order valence-electron chi connectivity index (χ0n) is 13.6. The molecule has 24 heavy (non-hydrogen) atoms. The molecule has 3 rings (SSSR count). The number of nitrogens with zero attached hydrogens (tertiary/aromatic N) is 1. The number of hydrogen-bond acceptors (Lipinski definition) is 2. The van der Waals surface area contributed by atoms with E-state index in [4.69, 9.17) is 11.6 Å². The predicted molar refractivity (Wildman–Crippen MR) is 94.6 cm³/mol. The van der Waals surface area contributed by atoms with Crippen LogP contribution in [0.2, 0.25) is 5.02 Å². The van der Waals surface area contributed by atoms with Crippen molar-refractivity contribution in [3.63, 3.8) is 0 Å². The molecule has 2 aromatic carbocycles. The van der Waals surface area contributed by atoms with Gasteiger partial charge in [0, 0.05) is 28.9 Å². The van der Waals surface area contributed by atoms with E-state index in [0.717, 1.165) is 16.3 Å². The Morgan fingerprint density at radius 2 is 1.96 bits per heavy atom. The first-order chi connectivity index (χ1) is 11.3. The number of rotatable bonds is 2. The quantitative estimate of drug-likeness (QED) is 0.859. The van der Waals surface area contributed by atoms with Crippen LogP contribution in [0.1, 0.15) is 18.9 Å². The molecule has 0 aliphatic carbocycles. The van der Waals surface area contributed by atoms with Crippen molar-refractivity contribution >= 4 is 40.1 Å². The second-order valence-electron chi connectivity index (χ2n) is 6.56. The summed E-state index contributed by atoms with van der Waals surface area (Å²) in [5.41, 5.74) is 0.699. The van der Waals surface area contributed by atoms with Crippen molar-refractivity contribution in [1.82, 2.24) is 4.90 Å². The normalized spacial score (nSPS) is 20.4. The molecule has 1 heterocycles. The average molecular weight is 347 g/mol. The Bertz CT molecular complexity index is 836. The lowest BCUT2D eigenvalue weighted by Crippen LogP contribution is -2.37. The highest BCUT2D eigenvalue weighted by Crippen LogP contribution is 2.34. The van der Waals surface area contributed by atoms with E-state index in [0.29, 0.717) is 23.7 Å². The van der Waals surface area contributed by atoms with E-state index in [1.165, 1.54) is 0 Å². The first-order valence-corrected chi connectivity index (χ1v) is 8.17. The molecule has 1 fully saturated rings. The Hall–Kier alpha value is -2.27. The molecule has 6 heteroatoms. The summed E-state index contributed by atoms with van der Waals surface area (Å²) in [5, 5.41) is 14.6. The number of carboxylic acid groups (broad SMARTS) is 1. The summed E-state index contributed by atoms with van der Waals surface area (Å²) in [6.45, 7) is 4.20. The third-order valence-electron chi connectivity index (χ3n) is 4.70. The summed E-state index contributed by atoms with van der Waals surface area (Å²) >= 11 is 6.28. The molecule has 1 aliphatic rings. The largest absolute Gasteiger partial charge is 0.481 e. The van der Waals surface area contributed by atoms with Gasteiger partial charge in [0.1, 0.15) is 0 Å². The van der Waals surface area contributed by atoms with Crippen molar-refractivity contribution in [2.24, 2.45) is 5.41 Å². The maximum absolute atomic E-state index is 12.6. The van der Waals surface area contributed by atoms with Crippen LogP contribution in [0.5, 0.6) is 0 Å². The molecule has 1 saturated heterocycles. The van der Waals surface area contributed by atoms with Crippen molar-refractivity contribution in [3.05, 3.63) is 40.9 Å². The lowest BCUT2D eigenvalue weighted by Gasteiger charge is -2.22. The molecule has 2 aromatic rings. The number of aryl methyl sites for hydroxylation is 1. The molecule has 1 aliphatic heterocycles. The van der Waals surface area contributed by atoms with Gasteiger partial charge in [-0.05, 0) is 31.9 Å². The van der Waals surface area contributed by atoms with Gasteiger partial charge in [0.05, 0.1) is 11.1 Å². The Balaban J connectivity index is 1.88. The van der Waals surface area contributed by atoms with Crippen molar-refractivity contribution in [1.29, 1.82) is 0 Å². The molecule has 0 aromatic heterocycles. The lowest BCUT2D eigenvalue weighted by atomic mass is 9.90. The van der Waals surface area contributed by atoms with Gasteiger partial charge in [0.15, 0.2) is 0 Å². The number of hydrogen-bond donors (Lipinski definition) is 2. The summed E-state index contributed by atoms with van der Waals surface area (Å²) in [6.07, 6.45) is 0.454. The number of fused-ring (bicyclic) bond motifs is 1. The first kappa shape index (κ1) is 16.6. The van der Waals surface area contributed by atoms with Crippen molar-refractivity contribution < 1.29 is 14.7 Å². The van der Waals surface area contributed by atoms with E-state index in [2.05, 4.69) is 5.32 Å². The van der Waals surface area contributed by atoms with Crippen LogP contribution in [0.15, 0.2) is 30.3 Å². The summed E-state index contributed by atoms with van der Waals surface area (Å²) in [7, 11) is 0. The molecule has 0 radical (unpaired) electrons. The zero-order chi connectivity index (χ0) is 17.5. The zero-order valence-corrected chi connectivity index (χ0v) is 14.4. The number of anilines is 1. The second-order valence-corrected chi connectivity index (χ2v) is 6.97. The number of carbonyl (C=O) groups is 2. The standard InChI is InChI=1S/C18H19ClN2O3/c1-11-9-14(19)12-5-3-4-6-13(12)15(11)20-17(24)21-8-7-18(2,10-21)16(22)23/h3-6,9H,7-8,10H2,1-2H3,(H,20,24)(H,22,23). The van der Waals surface area contributed by atoms with Gasteiger partial charge in [0.25, 0.3) is 0 Å². The van der Waals surface area contributed by atoms with Crippen LogP contribution < -0.4 is 5.32 Å². The highest BCUT2D eigenvalue weighted by molar-refractivity contribution is 6.36. The van der Waals surface area contributed by atoms with Crippen molar-refractivity contribution in [2.45, 2.75) is 20.3 Å². The molecule has 1 atom stereocenters. The SMILES string of the molecule is Cc1cc(Cl)c2ccccc2c1NC(=O)N1CCC(C)(C(=O)O)C1. The smallest absolute Gasteiger partial charge is 0.321 e. The molecular formula is C18H19ClN2O3. The van der Waals surface area contributed by atoms with Gasteiger partial charge in [-0.15, -0.1) is 0 Å². The van der Waals surface area contributed by atoms with E-state index in [-0.39, 0.29) is 12.6 Å². The van der Waals surface area contributed by atoms with Crippen LogP contribution in [0.3, 0.4) is 0 Å². The average Bonchev–Trinajstić information content (AvgIpc) is 2.95. The number of likely N-dealkylation sites (tertiary alicyclic amines) is 1. The number of nitrogens with one attached hydrogen (secondary N) is 1. The monoisotopic (exact) mass is 346 g/mol. The summed E-state index contributed by atoms with van der Waals surface area (Å²) < 4.78 is 0. The molecule has 2 N–H and O–H groups in total. The molecular weight excluding hydrogens is 328 g/mol. The van der Waals surface area contributed by atoms with Gasteiger partial charge in [-0.3, -0.25) is 4.79 Å². The maximum atomic E-state index is 12.6. The van der Waals surface area contributed by atoms with Gasteiger partial charge < -0.3 is 15.3 Å². The number of amides is 2. The topological polar surface area (TPSA) is 69.6 Å². The number of carbonyl (C=O) groups excluding carboxylic acids is 1. The Labute approximate surface area is 145 Å². The van der Waals surface area contributed by atoms with Crippen LogP contribution in [-0.2, 0) is 4.79 Å². The third-order valence-corrected chi connectivity index (χ3v) is 5.01. The number of halogens is 1. The third kappa shape index (κ3) is 2.80. The molecule has 2 amide bonds. The Morgan fingerprint density at radius 3 is 2.58 bits per heavy atom. The van der Waals surface area contributed by atoms with Crippen LogP contribution in [-0.4, -0.2) is 35.1 Å². The Kier molecular flexibility index (Phi) is 4.13. The number of urea groups is 1. The molecule has 0 bridgehead atoms. The number of carboxylic acids is 1. The van der Waals surface area contributed by atoms with Crippen molar-refractivity contribution in [2.75, 3.05) is 18.4 Å². The summed E-state index contributed by atoms with van der Waals surface area (Å²) in [6, 6.07) is 9.15. The number of benzene rings is 2. The van der Waals surface area contributed by atoms with Crippen LogP contribution in [0.4, 0.5) is 10.5 Å². The van der Waals surface area contributed by atoms with E-state index in [9.17, 15) is 14.7 Å². The highest BCUT2D eigenvalue weighted by Gasteiger charge is 2.42. The minimum atomic E-state index is -0.881. The van der Waals surface area contributed by atoms with E-state index in [1.54, 1.807) is 11.8 Å². The van der Waals surface area contributed by atoms with E-state index < -0.39 is 11.4 Å². The highest BCUT2D eigenvalue weighted by atomic mass is 35.5. The van der Waals surface area contributed by atoms with E-state index in [1.807, 2.05) is 37.3 Å². The molecule has 0 spiro atoms. The fourth-order valence-electron chi connectivity index (χ4n) is 3.12.